The predicted molar refractivity (Wildman–Crippen MR) is 107 cm³/mol. The first kappa shape index (κ1) is 19.1. The van der Waals surface area contributed by atoms with Crippen molar-refractivity contribution in [3.63, 3.8) is 0 Å². The Morgan fingerprint density at radius 3 is 2.41 bits per heavy atom. The van der Waals surface area contributed by atoms with Gasteiger partial charge >= 0.3 is 0 Å². The quantitative estimate of drug-likeness (QED) is 0.630. The van der Waals surface area contributed by atoms with Crippen LogP contribution >= 0.6 is 11.6 Å². The highest BCUT2D eigenvalue weighted by Crippen LogP contribution is 2.24. The van der Waals surface area contributed by atoms with Crippen LogP contribution in [0.4, 0.5) is 5.69 Å². The largest absolute Gasteiger partial charge is 0.280 e. The van der Waals surface area contributed by atoms with E-state index in [9.17, 15) is 18.0 Å². The summed E-state index contributed by atoms with van der Waals surface area (Å²) in [5.74, 6) is -0.887. The molecule has 2 aromatic carbocycles. The fraction of sp³-hybridized carbons (Fsp3) is 0.0500. The van der Waals surface area contributed by atoms with E-state index >= 15 is 0 Å². The normalized spacial score (nSPS) is 13.5. The molecule has 0 fully saturated rings. The van der Waals surface area contributed by atoms with Crippen LogP contribution in [-0.2, 0) is 16.6 Å². The highest BCUT2D eigenvalue weighted by Gasteiger charge is 2.36. The first-order valence-electron chi connectivity index (χ1n) is 8.54. The molecular weight excluding hydrogens is 414 g/mol. The van der Waals surface area contributed by atoms with E-state index in [-0.39, 0.29) is 22.7 Å². The van der Waals surface area contributed by atoms with Crippen LogP contribution in [0, 0.1) is 0 Å². The molecule has 7 nitrogen and oxygen atoms in total. The molecule has 4 rings (SSSR count). The third kappa shape index (κ3) is 3.72. The Hall–Kier alpha value is -3.23. The maximum absolute atomic E-state index is 12.5. The first-order chi connectivity index (χ1) is 13.8. The van der Waals surface area contributed by atoms with Gasteiger partial charge < -0.3 is 0 Å². The number of hydrogen-bond donors (Lipinski definition) is 1. The van der Waals surface area contributed by atoms with Gasteiger partial charge in [-0.15, -0.1) is 0 Å². The molecule has 1 aliphatic heterocycles. The second-order valence-corrected chi connectivity index (χ2v) is 8.47. The lowest BCUT2D eigenvalue weighted by atomic mass is 10.2. The number of nitrogens with one attached hydrogen (secondary N) is 1. The summed E-state index contributed by atoms with van der Waals surface area (Å²) in [7, 11) is -3.81. The number of benzene rings is 2. The summed E-state index contributed by atoms with van der Waals surface area (Å²) in [6.45, 7) is 0.0239. The maximum Gasteiger partial charge on any atom is 0.280 e. The number of aromatic nitrogens is 1. The fourth-order valence-corrected chi connectivity index (χ4v) is 4.22. The van der Waals surface area contributed by atoms with Crippen LogP contribution in [0.1, 0.15) is 26.4 Å². The zero-order valence-corrected chi connectivity index (χ0v) is 16.4. The lowest BCUT2D eigenvalue weighted by molar-refractivity contribution is 0.0640. The van der Waals surface area contributed by atoms with Crippen molar-refractivity contribution in [2.75, 3.05) is 4.72 Å². The Balaban J connectivity index is 1.51. The van der Waals surface area contributed by atoms with Gasteiger partial charge in [-0.2, -0.15) is 0 Å². The first-order valence-corrected chi connectivity index (χ1v) is 10.4. The van der Waals surface area contributed by atoms with Crippen LogP contribution in [-0.4, -0.2) is 30.1 Å². The van der Waals surface area contributed by atoms with E-state index in [1.54, 1.807) is 42.5 Å². The van der Waals surface area contributed by atoms with E-state index in [0.717, 1.165) is 4.90 Å². The minimum absolute atomic E-state index is 0.0239. The number of anilines is 1. The zero-order valence-electron chi connectivity index (χ0n) is 14.9. The average Bonchev–Trinajstić information content (AvgIpc) is 2.93. The van der Waals surface area contributed by atoms with E-state index in [0.29, 0.717) is 16.3 Å². The number of carbonyl (C=O) groups is 2. The van der Waals surface area contributed by atoms with Crippen LogP contribution in [0.25, 0.3) is 0 Å². The topological polar surface area (TPSA) is 96.4 Å². The minimum Gasteiger partial charge on any atom is -0.280 e. The van der Waals surface area contributed by atoms with Gasteiger partial charge in [-0.05, 0) is 48.0 Å². The summed E-state index contributed by atoms with van der Waals surface area (Å²) < 4.78 is 27.5. The van der Waals surface area contributed by atoms with Gasteiger partial charge in [-0.1, -0.05) is 29.8 Å². The van der Waals surface area contributed by atoms with E-state index in [1.807, 2.05) is 0 Å². The summed E-state index contributed by atoms with van der Waals surface area (Å²) in [5, 5.41) is 0.413. The number of rotatable bonds is 5. The van der Waals surface area contributed by atoms with Crippen LogP contribution in [0.5, 0.6) is 0 Å². The molecule has 9 heteroatoms. The van der Waals surface area contributed by atoms with E-state index in [2.05, 4.69) is 9.71 Å². The molecular formula is C20H14ClN3O4S. The summed E-state index contributed by atoms with van der Waals surface area (Å²) in [6.07, 6.45) is 1.46. The average molecular weight is 428 g/mol. The van der Waals surface area contributed by atoms with Gasteiger partial charge in [0, 0.05) is 11.2 Å². The molecule has 0 aliphatic carbocycles. The Morgan fingerprint density at radius 1 is 0.966 bits per heavy atom. The number of carbonyl (C=O) groups excluding carboxylic acids is 2. The van der Waals surface area contributed by atoms with Crippen LogP contribution in [0.2, 0.25) is 5.02 Å². The Bertz CT molecular complexity index is 1190. The number of amides is 2. The third-order valence-electron chi connectivity index (χ3n) is 4.38. The van der Waals surface area contributed by atoms with Crippen molar-refractivity contribution in [3.8, 4) is 0 Å². The predicted octanol–water partition coefficient (Wildman–Crippen LogP) is 3.33. The fourth-order valence-electron chi connectivity index (χ4n) is 2.98. The Morgan fingerprint density at radius 2 is 1.72 bits per heavy atom. The van der Waals surface area contributed by atoms with E-state index < -0.39 is 21.8 Å². The van der Waals surface area contributed by atoms with Gasteiger partial charge in [0.05, 0.1) is 22.7 Å². The number of fused-ring (bicyclic) bond motifs is 1. The second-order valence-electron chi connectivity index (χ2n) is 6.36. The molecule has 0 bridgehead atoms. The van der Waals surface area contributed by atoms with Gasteiger partial charge in [0.15, 0.2) is 0 Å². The van der Waals surface area contributed by atoms with Crippen molar-refractivity contribution in [1.29, 1.82) is 0 Å². The molecule has 2 heterocycles. The van der Waals surface area contributed by atoms with Crippen LogP contribution in [0.15, 0.2) is 71.8 Å². The minimum atomic E-state index is -3.81. The standard InChI is InChI=1S/C20H14ClN3O4S/c21-14-3-1-4-15(11-14)23-29(27,28)16-8-6-13(7-9-16)12-24-19(25)17-5-2-10-22-18(17)20(24)26/h1-11,23H,12H2. The molecule has 146 valence electrons. The molecule has 0 atom stereocenters. The molecule has 0 saturated carbocycles. The molecule has 0 spiro atoms. The second kappa shape index (κ2) is 7.31. The molecule has 0 saturated heterocycles. The van der Waals surface area contributed by atoms with E-state index in [4.69, 9.17) is 11.6 Å². The number of pyridine rings is 1. The highest BCUT2D eigenvalue weighted by molar-refractivity contribution is 7.92. The van der Waals surface area contributed by atoms with Crippen molar-refractivity contribution < 1.29 is 18.0 Å². The van der Waals surface area contributed by atoms with Crippen molar-refractivity contribution in [2.24, 2.45) is 0 Å². The van der Waals surface area contributed by atoms with Gasteiger partial charge in [0.1, 0.15) is 5.69 Å². The van der Waals surface area contributed by atoms with E-state index in [1.165, 1.54) is 24.4 Å². The monoisotopic (exact) mass is 427 g/mol. The third-order valence-corrected chi connectivity index (χ3v) is 6.01. The summed E-state index contributed by atoms with van der Waals surface area (Å²) in [6, 6.07) is 15.5. The molecule has 1 aromatic heterocycles. The number of sulfonamides is 1. The summed E-state index contributed by atoms with van der Waals surface area (Å²) >= 11 is 5.88. The maximum atomic E-state index is 12.5. The lowest BCUT2D eigenvalue weighted by Gasteiger charge is -2.14. The van der Waals surface area contributed by atoms with Crippen LogP contribution in [0.3, 0.4) is 0 Å². The Kier molecular flexibility index (Phi) is 4.81. The SMILES string of the molecule is O=C1c2cccnc2C(=O)N1Cc1ccc(S(=O)(=O)Nc2cccc(Cl)c2)cc1. The molecule has 2 amide bonds. The van der Waals surface area contributed by atoms with Crippen molar-refractivity contribution >= 4 is 39.1 Å². The molecule has 3 aromatic rings. The number of nitrogens with zero attached hydrogens (tertiary/aromatic N) is 2. The van der Waals surface area contributed by atoms with Gasteiger partial charge in [0.2, 0.25) is 0 Å². The number of halogens is 1. The van der Waals surface area contributed by atoms with Crippen molar-refractivity contribution in [2.45, 2.75) is 11.4 Å². The van der Waals surface area contributed by atoms with Crippen molar-refractivity contribution in [1.82, 2.24) is 9.88 Å². The zero-order chi connectivity index (χ0) is 20.6. The highest BCUT2D eigenvalue weighted by atomic mass is 35.5. The van der Waals surface area contributed by atoms with Gasteiger partial charge in [-0.3, -0.25) is 24.2 Å². The molecule has 1 N–H and O–H groups in total. The van der Waals surface area contributed by atoms with Crippen molar-refractivity contribution in [3.05, 3.63) is 88.7 Å². The Labute approximate surface area is 172 Å². The molecule has 0 unspecified atom stereocenters. The molecule has 29 heavy (non-hydrogen) atoms. The van der Waals surface area contributed by atoms with Crippen LogP contribution < -0.4 is 4.72 Å². The number of imide groups is 1. The summed E-state index contributed by atoms with van der Waals surface area (Å²) in [4.78, 5) is 29.9. The molecule has 0 radical (unpaired) electrons. The smallest absolute Gasteiger partial charge is 0.280 e. The van der Waals surface area contributed by atoms with Gasteiger partial charge in [0.25, 0.3) is 21.8 Å². The lowest BCUT2D eigenvalue weighted by Crippen LogP contribution is -2.29. The number of hydrogen-bond acceptors (Lipinski definition) is 5. The van der Waals surface area contributed by atoms with Gasteiger partial charge in [-0.25, -0.2) is 8.42 Å². The molecule has 1 aliphatic rings. The summed E-state index contributed by atoms with van der Waals surface area (Å²) in [5.41, 5.74) is 1.35.